The zero-order valence-corrected chi connectivity index (χ0v) is 12.1. The lowest BCUT2D eigenvalue weighted by molar-refractivity contribution is -0.139. The van der Waals surface area contributed by atoms with E-state index >= 15 is 0 Å². The lowest BCUT2D eigenvalue weighted by Gasteiger charge is -2.41. The van der Waals surface area contributed by atoms with E-state index in [1.54, 1.807) is 10.7 Å². The van der Waals surface area contributed by atoms with Gasteiger partial charge in [0.2, 0.25) is 0 Å². The van der Waals surface area contributed by atoms with Crippen molar-refractivity contribution in [2.75, 3.05) is 0 Å². The minimum absolute atomic E-state index is 0.0252. The number of hydrogen-bond donors (Lipinski definition) is 2. The molecule has 1 heterocycles. The van der Waals surface area contributed by atoms with Crippen LogP contribution in [0, 0.1) is 0 Å². The number of aromatic nitrogens is 2. The van der Waals surface area contributed by atoms with Crippen LogP contribution in [0.3, 0.4) is 0 Å². The van der Waals surface area contributed by atoms with Crippen LogP contribution in [0.5, 0.6) is 0 Å². The summed E-state index contributed by atoms with van der Waals surface area (Å²) in [6, 6.07) is 1.77. The van der Waals surface area contributed by atoms with Gasteiger partial charge in [0, 0.05) is 12.7 Å². The zero-order chi connectivity index (χ0) is 14.9. The summed E-state index contributed by atoms with van der Waals surface area (Å²) in [4.78, 5) is 23.1. The Labute approximate surface area is 118 Å². The number of nitrogens with one attached hydrogen (secondary N) is 1. The first kappa shape index (κ1) is 14.6. The van der Waals surface area contributed by atoms with Gasteiger partial charge in [-0.2, -0.15) is 5.10 Å². The van der Waals surface area contributed by atoms with E-state index in [-0.39, 0.29) is 18.2 Å². The summed E-state index contributed by atoms with van der Waals surface area (Å²) in [7, 11) is 1.81. The number of nitrogens with zero attached hydrogens (tertiary/aromatic N) is 2. The Hall–Kier alpha value is -1.85. The van der Waals surface area contributed by atoms with Crippen molar-refractivity contribution in [1.29, 1.82) is 0 Å². The Morgan fingerprint density at radius 2 is 2.15 bits per heavy atom. The third-order valence-corrected chi connectivity index (χ3v) is 3.92. The second-order valence-electron chi connectivity index (χ2n) is 5.89. The fraction of sp³-hybridized carbons (Fsp3) is 0.643. The molecule has 1 aliphatic carbocycles. The SMILES string of the molecule is CC(C)c1cc(C(=O)NC2(CC(=O)O)CCC2)nn1C. The highest BCUT2D eigenvalue weighted by molar-refractivity contribution is 5.93. The number of amides is 1. The maximum absolute atomic E-state index is 12.2. The predicted octanol–water partition coefficient (Wildman–Crippen LogP) is 1.67. The highest BCUT2D eigenvalue weighted by atomic mass is 16.4. The minimum Gasteiger partial charge on any atom is -0.481 e. The van der Waals surface area contributed by atoms with Gasteiger partial charge in [0.05, 0.1) is 12.0 Å². The van der Waals surface area contributed by atoms with Crippen molar-refractivity contribution >= 4 is 11.9 Å². The molecular formula is C14H21N3O3. The molecule has 0 bridgehead atoms. The Morgan fingerprint density at radius 3 is 2.55 bits per heavy atom. The number of carboxylic acids is 1. The van der Waals surface area contributed by atoms with Crippen molar-refractivity contribution in [3.63, 3.8) is 0 Å². The average Bonchev–Trinajstić information content (AvgIpc) is 2.68. The highest BCUT2D eigenvalue weighted by Crippen LogP contribution is 2.35. The number of hydrogen-bond acceptors (Lipinski definition) is 3. The normalized spacial score (nSPS) is 16.8. The van der Waals surface area contributed by atoms with Crippen LogP contribution in [-0.4, -0.2) is 32.3 Å². The molecule has 0 aromatic carbocycles. The van der Waals surface area contributed by atoms with Crippen molar-refractivity contribution in [2.24, 2.45) is 7.05 Å². The van der Waals surface area contributed by atoms with Gasteiger partial charge in [-0.1, -0.05) is 13.8 Å². The molecule has 1 aliphatic rings. The number of carboxylic acid groups (broad SMARTS) is 1. The lowest BCUT2D eigenvalue weighted by atomic mass is 9.74. The standard InChI is InChI=1S/C14H21N3O3/c1-9(2)11-7-10(16-17(11)3)13(20)15-14(5-4-6-14)8-12(18)19/h7,9H,4-6,8H2,1-3H3,(H,15,20)(H,18,19). The predicted molar refractivity (Wildman–Crippen MR) is 73.6 cm³/mol. The van der Waals surface area contributed by atoms with Crippen LogP contribution in [-0.2, 0) is 11.8 Å². The largest absolute Gasteiger partial charge is 0.481 e. The fourth-order valence-corrected chi connectivity index (χ4v) is 2.68. The number of carbonyl (C=O) groups is 2. The molecule has 6 heteroatoms. The molecule has 1 aromatic heterocycles. The summed E-state index contributed by atoms with van der Waals surface area (Å²) in [6.07, 6.45) is 2.36. The summed E-state index contributed by atoms with van der Waals surface area (Å²) in [5.41, 5.74) is 0.752. The first-order chi connectivity index (χ1) is 9.33. The molecule has 0 spiro atoms. The van der Waals surface area contributed by atoms with Gasteiger partial charge in [0.1, 0.15) is 5.69 Å². The molecule has 6 nitrogen and oxygen atoms in total. The van der Waals surface area contributed by atoms with Crippen molar-refractivity contribution in [1.82, 2.24) is 15.1 Å². The molecule has 2 N–H and O–H groups in total. The van der Waals surface area contributed by atoms with Crippen LogP contribution in [0.1, 0.15) is 61.6 Å². The third kappa shape index (κ3) is 2.84. The first-order valence-electron chi connectivity index (χ1n) is 6.91. The van der Waals surface area contributed by atoms with Crippen LogP contribution in [0.15, 0.2) is 6.07 Å². The van der Waals surface area contributed by atoms with E-state index in [1.165, 1.54) is 0 Å². The molecule has 20 heavy (non-hydrogen) atoms. The molecule has 1 amide bonds. The monoisotopic (exact) mass is 279 g/mol. The van der Waals surface area contributed by atoms with Crippen molar-refractivity contribution in [2.45, 2.75) is 51.0 Å². The molecule has 1 fully saturated rings. The quantitative estimate of drug-likeness (QED) is 0.858. The molecule has 0 atom stereocenters. The molecule has 0 radical (unpaired) electrons. The van der Waals surface area contributed by atoms with Crippen LogP contribution in [0.25, 0.3) is 0 Å². The number of rotatable bonds is 5. The van der Waals surface area contributed by atoms with Crippen LogP contribution >= 0.6 is 0 Å². The van der Waals surface area contributed by atoms with Gasteiger partial charge in [-0.3, -0.25) is 14.3 Å². The Kier molecular flexibility index (Phi) is 3.83. The van der Waals surface area contributed by atoms with Crippen molar-refractivity contribution in [3.8, 4) is 0 Å². The Morgan fingerprint density at radius 1 is 1.50 bits per heavy atom. The molecule has 0 saturated heterocycles. The summed E-state index contributed by atoms with van der Waals surface area (Å²) in [5, 5.41) is 16.0. The van der Waals surface area contributed by atoms with Gasteiger partial charge in [0.25, 0.3) is 5.91 Å². The van der Waals surface area contributed by atoms with Gasteiger partial charge < -0.3 is 10.4 Å². The smallest absolute Gasteiger partial charge is 0.305 e. The van der Waals surface area contributed by atoms with E-state index in [1.807, 2.05) is 20.9 Å². The maximum atomic E-state index is 12.2. The average molecular weight is 279 g/mol. The summed E-state index contributed by atoms with van der Waals surface area (Å²) >= 11 is 0. The minimum atomic E-state index is -0.881. The summed E-state index contributed by atoms with van der Waals surface area (Å²) in [5.74, 6) is -0.881. The van der Waals surface area contributed by atoms with Gasteiger partial charge >= 0.3 is 5.97 Å². The molecular weight excluding hydrogens is 258 g/mol. The van der Waals surface area contributed by atoms with Gasteiger partial charge in [0.15, 0.2) is 0 Å². The van der Waals surface area contributed by atoms with Crippen molar-refractivity contribution < 1.29 is 14.7 Å². The van der Waals surface area contributed by atoms with E-state index in [2.05, 4.69) is 10.4 Å². The molecule has 110 valence electrons. The van der Waals surface area contributed by atoms with E-state index in [9.17, 15) is 9.59 Å². The molecule has 0 aliphatic heterocycles. The zero-order valence-electron chi connectivity index (χ0n) is 12.1. The molecule has 1 saturated carbocycles. The van der Waals surface area contributed by atoms with Gasteiger partial charge in [-0.15, -0.1) is 0 Å². The van der Waals surface area contributed by atoms with E-state index in [4.69, 9.17) is 5.11 Å². The molecule has 1 aromatic rings. The Balaban J connectivity index is 2.11. The van der Waals surface area contributed by atoms with Gasteiger partial charge in [-0.25, -0.2) is 0 Å². The molecule has 0 unspecified atom stereocenters. The van der Waals surface area contributed by atoms with E-state index in [0.717, 1.165) is 25.0 Å². The Bertz CT molecular complexity index is 530. The lowest BCUT2D eigenvalue weighted by Crippen LogP contribution is -2.54. The summed E-state index contributed by atoms with van der Waals surface area (Å²) < 4.78 is 1.70. The maximum Gasteiger partial charge on any atom is 0.305 e. The van der Waals surface area contributed by atoms with Crippen LogP contribution < -0.4 is 5.32 Å². The highest BCUT2D eigenvalue weighted by Gasteiger charge is 2.40. The number of aryl methyl sites for hydroxylation is 1. The second kappa shape index (κ2) is 5.26. The molecule has 2 rings (SSSR count). The third-order valence-electron chi connectivity index (χ3n) is 3.92. The van der Waals surface area contributed by atoms with Crippen molar-refractivity contribution in [3.05, 3.63) is 17.5 Å². The fourth-order valence-electron chi connectivity index (χ4n) is 2.68. The van der Waals surface area contributed by atoms with Gasteiger partial charge in [-0.05, 0) is 31.2 Å². The topological polar surface area (TPSA) is 84.2 Å². The number of carbonyl (C=O) groups excluding carboxylic acids is 1. The number of aliphatic carboxylic acids is 1. The van der Waals surface area contributed by atoms with E-state index < -0.39 is 11.5 Å². The second-order valence-corrected chi connectivity index (χ2v) is 5.89. The first-order valence-corrected chi connectivity index (χ1v) is 6.91. The van der Waals surface area contributed by atoms with E-state index in [0.29, 0.717) is 5.69 Å². The van der Waals surface area contributed by atoms with Crippen LogP contribution in [0.4, 0.5) is 0 Å². The summed E-state index contributed by atoms with van der Waals surface area (Å²) in [6.45, 7) is 4.08. The van der Waals surface area contributed by atoms with Crippen LogP contribution in [0.2, 0.25) is 0 Å².